The standard InChI is InChI=1S/C9H16BrCl/c1-5-6-8(4)7(2,3)9(8,10)11/h5-6H2,1-4H3. The van der Waals surface area contributed by atoms with Crippen LogP contribution in [0.1, 0.15) is 40.5 Å². The third-order valence-corrected chi connectivity index (χ3v) is 6.30. The molecule has 1 rings (SSSR count). The monoisotopic (exact) mass is 238 g/mol. The third-order valence-electron chi connectivity index (χ3n) is 3.54. The zero-order valence-corrected chi connectivity index (χ0v) is 10.0. The van der Waals surface area contributed by atoms with Gasteiger partial charge in [0.05, 0.1) is 0 Å². The fourth-order valence-corrected chi connectivity index (χ4v) is 3.55. The van der Waals surface area contributed by atoms with Gasteiger partial charge in [0.1, 0.15) is 3.78 Å². The Morgan fingerprint density at radius 3 is 1.73 bits per heavy atom. The number of hydrogen-bond acceptors (Lipinski definition) is 0. The summed E-state index contributed by atoms with van der Waals surface area (Å²) in [5.41, 5.74) is 0.508. The van der Waals surface area contributed by atoms with E-state index in [2.05, 4.69) is 43.6 Å². The van der Waals surface area contributed by atoms with E-state index < -0.39 is 0 Å². The van der Waals surface area contributed by atoms with Crippen molar-refractivity contribution < 1.29 is 0 Å². The predicted octanol–water partition coefficient (Wildman–Crippen LogP) is 4.16. The molecule has 0 nitrogen and oxygen atoms in total. The van der Waals surface area contributed by atoms with Crippen LogP contribution in [-0.4, -0.2) is 3.78 Å². The fraction of sp³-hybridized carbons (Fsp3) is 1.00. The van der Waals surface area contributed by atoms with Crippen molar-refractivity contribution in [3.8, 4) is 0 Å². The van der Waals surface area contributed by atoms with Crippen LogP contribution in [0.15, 0.2) is 0 Å². The number of alkyl halides is 2. The first-order chi connectivity index (χ1) is 4.81. The Kier molecular flexibility index (Phi) is 2.13. The molecular weight excluding hydrogens is 223 g/mol. The van der Waals surface area contributed by atoms with E-state index >= 15 is 0 Å². The van der Waals surface area contributed by atoms with Crippen LogP contribution in [0.5, 0.6) is 0 Å². The largest absolute Gasteiger partial charge is 0.111 e. The van der Waals surface area contributed by atoms with Crippen LogP contribution in [0.4, 0.5) is 0 Å². The van der Waals surface area contributed by atoms with Crippen LogP contribution in [0.2, 0.25) is 0 Å². The normalized spacial score (nSPS) is 47.5. The molecule has 2 atom stereocenters. The molecule has 1 aliphatic rings. The van der Waals surface area contributed by atoms with Gasteiger partial charge in [-0.15, -0.1) is 11.6 Å². The fourth-order valence-electron chi connectivity index (χ4n) is 2.03. The van der Waals surface area contributed by atoms with Gasteiger partial charge in [0.15, 0.2) is 0 Å². The SMILES string of the molecule is CCCC1(C)C(C)(C)C1(Cl)Br. The minimum Gasteiger partial charge on any atom is -0.105 e. The van der Waals surface area contributed by atoms with Crippen LogP contribution >= 0.6 is 27.5 Å². The first-order valence-electron chi connectivity index (χ1n) is 4.19. The van der Waals surface area contributed by atoms with Gasteiger partial charge in [0, 0.05) is 10.8 Å². The highest BCUT2D eigenvalue weighted by Gasteiger charge is 2.77. The second kappa shape index (κ2) is 2.38. The molecule has 2 unspecified atom stereocenters. The molecule has 0 aliphatic heterocycles. The smallest absolute Gasteiger partial charge is 0.105 e. The highest BCUT2D eigenvalue weighted by atomic mass is 79.9. The zero-order valence-electron chi connectivity index (χ0n) is 7.67. The third kappa shape index (κ3) is 0.935. The van der Waals surface area contributed by atoms with Crippen LogP contribution in [0, 0.1) is 10.8 Å². The molecule has 1 aliphatic carbocycles. The van der Waals surface area contributed by atoms with E-state index in [4.69, 9.17) is 11.6 Å². The summed E-state index contributed by atoms with van der Waals surface area (Å²) in [6.45, 7) is 8.92. The molecule has 0 spiro atoms. The van der Waals surface area contributed by atoms with Gasteiger partial charge in [0.25, 0.3) is 0 Å². The molecule has 0 amide bonds. The van der Waals surface area contributed by atoms with E-state index in [1.54, 1.807) is 0 Å². The summed E-state index contributed by atoms with van der Waals surface area (Å²) in [7, 11) is 0. The quantitative estimate of drug-likeness (QED) is 0.635. The van der Waals surface area contributed by atoms with Crippen LogP contribution in [0.25, 0.3) is 0 Å². The molecule has 11 heavy (non-hydrogen) atoms. The first kappa shape index (κ1) is 9.85. The maximum Gasteiger partial charge on any atom is 0.111 e. The van der Waals surface area contributed by atoms with Crippen molar-refractivity contribution in [1.29, 1.82) is 0 Å². The maximum atomic E-state index is 6.34. The Morgan fingerprint density at radius 1 is 1.27 bits per heavy atom. The lowest BCUT2D eigenvalue weighted by Gasteiger charge is -2.11. The number of hydrogen-bond donors (Lipinski definition) is 0. The molecule has 2 heteroatoms. The first-order valence-corrected chi connectivity index (χ1v) is 5.36. The van der Waals surface area contributed by atoms with Gasteiger partial charge in [-0.05, 0) is 6.42 Å². The van der Waals surface area contributed by atoms with Gasteiger partial charge in [-0.3, -0.25) is 0 Å². The van der Waals surface area contributed by atoms with E-state index in [-0.39, 0.29) is 14.6 Å². The molecule has 0 aromatic rings. The lowest BCUT2D eigenvalue weighted by Crippen LogP contribution is -2.03. The number of halogens is 2. The zero-order chi connectivity index (χ0) is 8.91. The molecule has 0 saturated heterocycles. The lowest BCUT2D eigenvalue weighted by atomic mass is 9.93. The molecule has 0 aromatic carbocycles. The Bertz CT molecular complexity index is 158. The van der Waals surface area contributed by atoms with E-state index in [1.165, 1.54) is 12.8 Å². The van der Waals surface area contributed by atoms with E-state index in [0.29, 0.717) is 0 Å². The van der Waals surface area contributed by atoms with Crippen molar-refractivity contribution >= 4 is 27.5 Å². The lowest BCUT2D eigenvalue weighted by molar-refractivity contribution is 0.386. The molecule has 1 saturated carbocycles. The number of rotatable bonds is 2. The Labute approximate surface area is 82.8 Å². The molecular formula is C9H16BrCl. The molecule has 66 valence electrons. The van der Waals surface area contributed by atoms with Gasteiger partial charge in [-0.2, -0.15) is 0 Å². The van der Waals surface area contributed by atoms with Gasteiger partial charge in [-0.25, -0.2) is 0 Å². The van der Waals surface area contributed by atoms with Crippen LogP contribution in [-0.2, 0) is 0 Å². The second-order valence-electron chi connectivity index (χ2n) is 4.28. The Balaban J connectivity index is 2.78. The summed E-state index contributed by atoms with van der Waals surface area (Å²) in [6, 6.07) is 0. The van der Waals surface area contributed by atoms with Crippen molar-refractivity contribution in [3.63, 3.8) is 0 Å². The van der Waals surface area contributed by atoms with Gasteiger partial charge in [0.2, 0.25) is 0 Å². The summed E-state index contributed by atoms with van der Waals surface area (Å²) in [5.74, 6) is 0. The summed E-state index contributed by atoms with van der Waals surface area (Å²) >= 11 is 9.93. The van der Waals surface area contributed by atoms with Crippen molar-refractivity contribution in [2.24, 2.45) is 10.8 Å². The summed E-state index contributed by atoms with van der Waals surface area (Å²) in [6.07, 6.45) is 2.41. The maximum absolute atomic E-state index is 6.34. The minimum absolute atomic E-state index is 0.164. The minimum atomic E-state index is -0.164. The average molecular weight is 240 g/mol. The Morgan fingerprint density at radius 2 is 1.64 bits per heavy atom. The molecule has 0 aromatic heterocycles. The molecule has 0 N–H and O–H groups in total. The molecule has 0 heterocycles. The topological polar surface area (TPSA) is 0 Å². The van der Waals surface area contributed by atoms with E-state index in [9.17, 15) is 0 Å². The molecule has 0 radical (unpaired) electrons. The summed E-state index contributed by atoms with van der Waals surface area (Å²) in [5, 5.41) is 0. The van der Waals surface area contributed by atoms with Gasteiger partial charge >= 0.3 is 0 Å². The van der Waals surface area contributed by atoms with Gasteiger partial charge < -0.3 is 0 Å². The second-order valence-corrected chi connectivity index (χ2v) is 6.49. The van der Waals surface area contributed by atoms with Crippen molar-refractivity contribution in [1.82, 2.24) is 0 Å². The highest BCUT2D eigenvalue weighted by Crippen LogP contribution is 2.80. The predicted molar refractivity (Wildman–Crippen MR) is 54.3 cm³/mol. The summed E-state index contributed by atoms with van der Waals surface area (Å²) < 4.78 is -0.164. The van der Waals surface area contributed by atoms with E-state index in [0.717, 1.165) is 0 Å². The van der Waals surface area contributed by atoms with Gasteiger partial charge in [-0.1, -0.05) is 50.0 Å². The molecule has 1 fully saturated rings. The Hall–Kier alpha value is 0.770. The summed E-state index contributed by atoms with van der Waals surface area (Å²) in [4.78, 5) is 0. The van der Waals surface area contributed by atoms with Crippen LogP contribution < -0.4 is 0 Å². The van der Waals surface area contributed by atoms with Crippen LogP contribution in [0.3, 0.4) is 0 Å². The van der Waals surface area contributed by atoms with Crippen molar-refractivity contribution in [3.05, 3.63) is 0 Å². The molecule has 0 bridgehead atoms. The average Bonchev–Trinajstić information content (AvgIpc) is 2.12. The van der Waals surface area contributed by atoms with Crippen molar-refractivity contribution in [2.75, 3.05) is 0 Å². The van der Waals surface area contributed by atoms with Crippen molar-refractivity contribution in [2.45, 2.75) is 44.3 Å². The van der Waals surface area contributed by atoms with E-state index in [1.807, 2.05) is 0 Å². The highest BCUT2D eigenvalue weighted by molar-refractivity contribution is 9.10.